The normalized spacial score (nSPS) is 10.7. The molecule has 0 saturated heterocycles. The molecule has 0 radical (unpaired) electrons. The van der Waals surface area contributed by atoms with E-state index in [2.05, 4.69) is 37.4 Å². The molecule has 5 heteroatoms. The van der Waals surface area contributed by atoms with Gasteiger partial charge in [-0.15, -0.1) is 0 Å². The fraction of sp³-hybridized carbons (Fsp3) is 0.273. The van der Waals surface area contributed by atoms with Gasteiger partial charge in [-0.25, -0.2) is 9.67 Å². The van der Waals surface area contributed by atoms with Gasteiger partial charge in [0.25, 0.3) is 0 Å². The maximum atomic E-state index is 4.42. The van der Waals surface area contributed by atoms with E-state index in [4.69, 9.17) is 0 Å². The zero-order valence-corrected chi connectivity index (χ0v) is 10.8. The molecule has 2 aromatic heterocycles. The Morgan fingerprint density at radius 2 is 2.25 bits per heavy atom. The lowest BCUT2D eigenvalue weighted by molar-refractivity contribution is 0.796. The molecule has 0 aliphatic rings. The molecule has 0 bridgehead atoms. The highest BCUT2D eigenvalue weighted by Crippen LogP contribution is 2.15. The van der Waals surface area contributed by atoms with Crippen molar-refractivity contribution in [1.29, 1.82) is 0 Å². The second-order valence-corrected chi connectivity index (χ2v) is 4.53. The van der Waals surface area contributed by atoms with Gasteiger partial charge in [0, 0.05) is 18.9 Å². The fourth-order valence-electron chi connectivity index (χ4n) is 1.58. The van der Waals surface area contributed by atoms with Gasteiger partial charge >= 0.3 is 0 Å². The van der Waals surface area contributed by atoms with Crippen molar-refractivity contribution in [1.82, 2.24) is 20.1 Å². The summed E-state index contributed by atoms with van der Waals surface area (Å²) in [5, 5.41) is 7.32. The maximum absolute atomic E-state index is 4.42. The van der Waals surface area contributed by atoms with Crippen LogP contribution in [0.15, 0.2) is 29.1 Å². The number of aromatic nitrogens is 3. The van der Waals surface area contributed by atoms with Crippen molar-refractivity contribution in [3.05, 3.63) is 40.3 Å². The number of aryl methyl sites for hydroxylation is 1. The van der Waals surface area contributed by atoms with Gasteiger partial charge in [0.15, 0.2) is 5.82 Å². The van der Waals surface area contributed by atoms with Gasteiger partial charge in [-0.3, -0.25) is 0 Å². The zero-order chi connectivity index (χ0) is 11.5. The summed E-state index contributed by atoms with van der Waals surface area (Å²) in [5.41, 5.74) is 2.29. The van der Waals surface area contributed by atoms with Crippen LogP contribution in [0.3, 0.4) is 0 Å². The predicted octanol–water partition coefficient (Wildman–Crippen LogP) is 2.06. The van der Waals surface area contributed by atoms with Crippen molar-refractivity contribution in [3.63, 3.8) is 0 Å². The standard InChI is InChI=1S/C11H13BrN4/c1-8-3-9(4-13-2)5-14-11(8)16-7-10(12)6-15-16/h3,5-7,13H,4H2,1-2H3. The van der Waals surface area contributed by atoms with Crippen LogP contribution in [0.4, 0.5) is 0 Å². The van der Waals surface area contributed by atoms with E-state index in [0.29, 0.717) is 0 Å². The molecule has 0 unspecified atom stereocenters. The van der Waals surface area contributed by atoms with Gasteiger partial charge in [-0.2, -0.15) is 5.10 Å². The molecule has 84 valence electrons. The van der Waals surface area contributed by atoms with Crippen molar-refractivity contribution in [3.8, 4) is 5.82 Å². The van der Waals surface area contributed by atoms with E-state index in [1.54, 1.807) is 10.9 Å². The molecule has 0 aliphatic carbocycles. The summed E-state index contributed by atoms with van der Waals surface area (Å²) in [5.74, 6) is 0.866. The van der Waals surface area contributed by atoms with E-state index in [-0.39, 0.29) is 0 Å². The van der Waals surface area contributed by atoms with Crippen molar-refractivity contribution >= 4 is 15.9 Å². The third kappa shape index (κ3) is 2.31. The Balaban J connectivity index is 2.36. The first-order valence-electron chi connectivity index (χ1n) is 5.01. The number of pyridine rings is 1. The van der Waals surface area contributed by atoms with Crippen molar-refractivity contribution < 1.29 is 0 Å². The summed E-state index contributed by atoms with van der Waals surface area (Å²) in [6.45, 7) is 2.87. The molecule has 16 heavy (non-hydrogen) atoms. The minimum atomic E-state index is 0.830. The van der Waals surface area contributed by atoms with Crippen LogP contribution in [0.2, 0.25) is 0 Å². The van der Waals surface area contributed by atoms with Gasteiger partial charge in [0.2, 0.25) is 0 Å². The van der Waals surface area contributed by atoms with Crippen LogP contribution in [0.1, 0.15) is 11.1 Å². The molecular formula is C11H13BrN4. The van der Waals surface area contributed by atoms with Gasteiger partial charge < -0.3 is 5.32 Å². The summed E-state index contributed by atoms with van der Waals surface area (Å²) < 4.78 is 2.72. The van der Waals surface area contributed by atoms with Gasteiger partial charge in [0.1, 0.15) is 0 Å². The maximum Gasteiger partial charge on any atom is 0.156 e. The average Bonchev–Trinajstić information content (AvgIpc) is 2.65. The number of nitrogens with one attached hydrogen (secondary N) is 1. The molecule has 0 fully saturated rings. The summed E-state index contributed by atoms with van der Waals surface area (Å²) in [6.07, 6.45) is 5.52. The van der Waals surface area contributed by atoms with Crippen LogP contribution < -0.4 is 5.32 Å². The third-order valence-electron chi connectivity index (χ3n) is 2.26. The number of hydrogen-bond donors (Lipinski definition) is 1. The third-order valence-corrected chi connectivity index (χ3v) is 2.67. The molecule has 4 nitrogen and oxygen atoms in total. The molecule has 1 N–H and O–H groups in total. The summed E-state index contributed by atoms with van der Waals surface area (Å²) in [6, 6.07) is 2.12. The lowest BCUT2D eigenvalue weighted by atomic mass is 10.2. The quantitative estimate of drug-likeness (QED) is 0.936. The Hall–Kier alpha value is -1.20. The van der Waals surface area contributed by atoms with Crippen LogP contribution >= 0.6 is 15.9 Å². The summed E-state index contributed by atoms with van der Waals surface area (Å²) in [4.78, 5) is 4.42. The van der Waals surface area contributed by atoms with E-state index in [0.717, 1.165) is 22.4 Å². The molecule has 0 spiro atoms. The summed E-state index contributed by atoms with van der Waals surface area (Å²) in [7, 11) is 1.92. The Bertz CT molecular complexity index is 492. The molecular weight excluding hydrogens is 268 g/mol. The minimum Gasteiger partial charge on any atom is -0.316 e. The zero-order valence-electron chi connectivity index (χ0n) is 9.24. The van der Waals surface area contributed by atoms with Crippen molar-refractivity contribution in [2.75, 3.05) is 7.05 Å². The van der Waals surface area contributed by atoms with Gasteiger partial charge in [0.05, 0.1) is 10.7 Å². The van der Waals surface area contributed by atoms with Crippen molar-refractivity contribution in [2.24, 2.45) is 0 Å². The van der Waals surface area contributed by atoms with Gasteiger partial charge in [-0.05, 0) is 47.1 Å². The topological polar surface area (TPSA) is 42.7 Å². The number of halogens is 1. The van der Waals surface area contributed by atoms with Crippen LogP contribution in [0, 0.1) is 6.92 Å². The predicted molar refractivity (Wildman–Crippen MR) is 66.6 cm³/mol. The van der Waals surface area contributed by atoms with Crippen LogP contribution in [0.25, 0.3) is 5.82 Å². The number of nitrogens with zero attached hydrogens (tertiary/aromatic N) is 3. The Morgan fingerprint density at radius 1 is 1.44 bits per heavy atom. The Kier molecular flexibility index (Phi) is 3.36. The number of hydrogen-bond acceptors (Lipinski definition) is 3. The van der Waals surface area contributed by atoms with Gasteiger partial charge in [-0.1, -0.05) is 0 Å². The minimum absolute atomic E-state index is 0.830. The van der Waals surface area contributed by atoms with Crippen LogP contribution in [-0.4, -0.2) is 21.8 Å². The van der Waals surface area contributed by atoms with E-state index in [1.165, 1.54) is 5.56 Å². The lowest BCUT2D eigenvalue weighted by Crippen LogP contribution is -2.07. The highest BCUT2D eigenvalue weighted by molar-refractivity contribution is 9.10. The Morgan fingerprint density at radius 3 is 2.81 bits per heavy atom. The second-order valence-electron chi connectivity index (χ2n) is 3.62. The van der Waals surface area contributed by atoms with E-state index in [9.17, 15) is 0 Å². The Labute approximate surface area is 103 Å². The monoisotopic (exact) mass is 280 g/mol. The molecule has 2 aromatic rings. The van der Waals surface area contributed by atoms with Crippen LogP contribution in [0.5, 0.6) is 0 Å². The molecule has 2 rings (SSSR count). The summed E-state index contributed by atoms with van der Waals surface area (Å²) >= 11 is 3.37. The van der Waals surface area contributed by atoms with E-state index in [1.807, 2.05) is 26.4 Å². The average molecular weight is 281 g/mol. The molecule has 0 saturated carbocycles. The largest absolute Gasteiger partial charge is 0.316 e. The first-order chi connectivity index (χ1) is 7.70. The highest BCUT2D eigenvalue weighted by Gasteiger charge is 2.05. The van der Waals surface area contributed by atoms with Crippen molar-refractivity contribution in [2.45, 2.75) is 13.5 Å². The fourth-order valence-corrected chi connectivity index (χ4v) is 1.87. The molecule has 0 amide bonds. The molecule has 0 aliphatic heterocycles. The van der Waals surface area contributed by atoms with E-state index < -0.39 is 0 Å². The molecule has 0 aromatic carbocycles. The number of rotatable bonds is 3. The first kappa shape index (κ1) is 11.3. The van der Waals surface area contributed by atoms with E-state index >= 15 is 0 Å². The SMILES string of the molecule is CNCc1cnc(-n2cc(Br)cn2)c(C)c1. The molecule has 2 heterocycles. The van der Waals surface area contributed by atoms with Crippen LogP contribution in [-0.2, 0) is 6.54 Å². The molecule has 0 atom stereocenters. The highest BCUT2D eigenvalue weighted by atomic mass is 79.9. The first-order valence-corrected chi connectivity index (χ1v) is 5.80. The second kappa shape index (κ2) is 4.76. The smallest absolute Gasteiger partial charge is 0.156 e. The lowest BCUT2D eigenvalue weighted by Gasteiger charge is -2.06.